The molecule has 0 fully saturated rings. The van der Waals surface area contributed by atoms with Gasteiger partial charge in [0, 0.05) is 25.4 Å². The van der Waals surface area contributed by atoms with Gasteiger partial charge < -0.3 is 10.7 Å². The van der Waals surface area contributed by atoms with Gasteiger partial charge in [0.05, 0.1) is 0 Å². The van der Waals surface area contributed by atoms with Crippen molar-refractivity contribution in [1.29, 1.82) is 0 Å². The smallest absolute Gasteiger partial charge is 0.0445 e. The lowest BCUT2D eigenvalue weighted by atomic mass is 10.4. The molecule has 4 N–H and O–H groups in total. The van der Waals surface area contributed by atoms with Gasteiger partial charge in [-0.25, -0.2) is 5.84 Å². The zero-order valence-electron chi connectivity index (χ0n) is 5.25. The maximum absolute atomic E-state index is 5.34. The van der Waals surface area contributed by atoms with Crippen LogP contribution in [0.15, 0.2) is 12.4 Å². The molecule has 50 valence electrons. The summed E-state index contributed by atoms with van der Waals surface area (Å²) in [6.07, 6.45) is 8.56. The van der Waals surface area contributed by atoms with Gasteiger partial charge in [-0.1, -0.05) is 0 Å². The summed E-state index contributed by atoms with van der Waals surface area (Å²) >= 11 is 0. The van der Waals surface area contributed by atoms with E-state index in [1.54, 1.807) is 6.20 Å². The highest BCUT2D eigenvalue weighted by atomic mass is 15.4. The highest BCUT2D eigenvalue weighted by Gasteiger charge is 1.85. The molecule has 0 aromatic rings. The van der Waals surface area contributed by atoms with Crippen molar-refractivity contribution in [3.8, 4) is 12.3 Å². The molecule has 0 atom stereocenters. The average Bonchev–Trinajstić information content (AvgIpc) is 1.85. The van der Waals surface area contributed by atoms with Gasteiger partial charge in [-0.15, -0.1) is 12.3 Å². The minimum absolute atomic E-state index is 0.640. The van der Waals surface area contributed by atoms with E-state index in [0.29, 0.717) is 13.0 Å². The van der Waals surface area contributed by atoms with Gasteiger partial charge in [0.1, 0.15) is 0 Å². The molecule has 0 aromatic carbocycles. The number of hydrogen-bond acceptors (Lipinski definition) is 3. The molecule has 3 nitrogen and oxygen atoms in total. The van der Waals surface area contributed by atoms with Crippen LogP contribution in [0.3, 0.4) is 0 Å². The third-order valence-electron chi connectivity index (χ3n) is 0.792. The summed E-state index contributed by atoms with van der Waals surface area (Å²) < 4.78 is 0. The molecule has 0 spiro atoms. The maximum atomic E-state index is 5.34. The topological polar surface area (TPSA) is 55.3 Å². The fraction of sp³-hybridized carbons (Fsp3) is 0.333. The molecule has 3 heteroatoms. The predicted molar refractivity (Wildman–Crippen MR) is 37.7 cm³/mol. The summed E-state index contributed by atoms with van der Waals surface area (Å²) in [7, 11) is 0. The van der Waals surface area contributed by atoms with E-state index in [9.17, 15) is 0 Å². The first-order chi connectivity index (χ1) is 4.31. The SMILES string of the molecule is C#CCCN(N)/C=C\N. The Labute approximate surface area is 55.3 Å². The number of terminal acetylenes is 1. The van der Waals surface area contributed by atoms with Crippen molar-refractivity contribution in [3.63, 3.8) is 0 Å². The lowest BCUT2D eigenvalue weighted by Crippen LogP contribution is -2.25. The average molecular weight is 125 g/mol. The molecule has 0 bridgehead atoms. The van der Waals surface area contributed by atoms with Gasteiger partial charge in [-0.05, 0) is 0 Å². The van der Waals surface area contributed by atoms with E-state index < -0.39 is 0 Å². The van der Waals surface area contributed by atoms with Crippen molar-refractivity contribution < 1.29 is 0 Å². The number of nitrogens with zero attached hydrogens (tertiary/aromatic N) is 1. The second-order valence-electron chi connectivity index (χ2n) is 1.53. The van der Waals surface area contributed by atoms with Crippen LogP contribution in [-0.2, 0) is 0 Å². The van der Waals surface area contributed by atoms with Gasteiger partial charge in [-0.3, -0.25) is 0 Å². The number of hydrogen-bond donors (Lipinski definition) is 2. The van der Waals surface area contributed by atoms with Crippen LogP contribution >= 0.6 is 0 Å². The molecule has 0 aliphatic heterocycles. The van der Waals surface area contributed by atoms with Crippen molar-refractivity contribution in [1.82, 2.24) is 5.01 Å². The Morgan fingerprint density at radius 2 is 2.33 bits per heavy atom. The third-order valence-corrected chi connectivity index (χ3v) is 0.792. The first-order valence-corrected chi connectivity index (χ1v) is 2.64. The molecule has 0 rings (SSSR count). The monoisotopic (exact) mass is 125 g/mol. The third kappa shape index (κ3) is 4.72. The molecular formula is C6H11N3. The standard InChI is InChI=1S/C6H11N3/c1-2-3-5-9(8)6-4-7/h1,4,6H,3,5,7-8H2/b6-4-. The molecule has 0 heterocycles. The number of hydrazine groups is 1. The highest BCUT2D eigenvalue weighted by Crippen LogP contribution is 1.80. The first kappa shape index (κ1) is 7.86. The largest absolute Gasteiger partial charge is 0.403 e. The molecule has 0 radical (unpaired) electrons. The van der Waals surface area contributed by atoms with Gasteiger partial charge >= 0.3 is 0 Å². The number of nitrogens with two attached hydrogens (primary N) is 2. The zero-order valence-corrected chi connectivity index (χ0v) is 5.25. The van der Waals surface area contributed by atoms with Crippen LogP contribution < -0.4 is 11.6 Å². The molecule has 0 saturated heterocycles. The number of rotatable bonds is 3. The van der Waals surface area contributed by atoms with E-state index in [-0.39, 0.29) is 0 Å². The van der Waals surface area contributed by atoms with Gasteiger partial charge in [0.25, 0.3) is 0 Å². The van der Waals surface area contributed by atoms with Crippen molar-refractivity contribution >= 4 is 0 Å². The van der Waals surface area contributed by atoms with Crippen LogP contribution in [0.1, 0.15) is 6.42 Å². The Kier molecular flexibility index (Phi) is 4.37. The highest BCUT2D eigenvalue weighted by molar-refractivity contribution is 4.85. The van der Waals surface area contributed by atoms with Crippen LogP contribution in [0.2, 0.25) is 0 Å². The molecular weight excluding hydrogens is 114 g/mol. The van der Waals surface area contributed by atoms with Gasteiger partial charge in [-0.2, -0.15) is 0 Å². The Balaban J connectivity index is 3.29. The lowest BCUT2D eigenvalue weighted by molar-refractivity contribution is 0.403. The van der Waals surface area contributed by atoms with Crippen LogP contribution in [-0.4, -0.2) is 11.6 Å². The Morgan fingerprint density at radius 1 is 1.67 bits per heavy atom. The molecule has 0 amide bonds. The second-order valence-corrected chi connectivity index (χ2v) is 1.53. The molecule has 0 aromatic heterocycles. The van der Waals surface area contributed by atoms with Crippen molar-refractivity contribution in [2.24, 2.45) is 11.6 Å². The van der Waals surface area contributed by atoms with E-state index in [4.69, 9.17) is 18.0 Å². The van der Waals surface area contributed by atoms with Crippen LogP contribution in [0.4, 0.5) is 0 Å². The quantitative estimate of drug-likeness (QED) is 0.307. The molecule has 9 heavy (non-hydrogen) atoms. The summed E-state index contributed by atoms with van der Waals surface area (Å²) in [5.41, 5.74) is 5.05. The summed E-state index contributed by atoms with van der Waals surface area (Å²) in [6.45, 7) is 0.643. The molecule has 0 aliphatic carbocycles. The predicted octanol–water partition coefficient (Wildman–Crippen LogP) is -0.385. The summed E-state index contributed by atoms with van der Waals surface area (Å²) in [5.74, 6) is 7.80. The fourth-order valence-corrected chi connectivity index (χ4v) is 0.379. The first-order valence-electron chi connectivity index (χ1n) is 2.64. The lowest BCUT2D eigenvalue weighted by Gasteiger charge is -2.09. The summed E-state index contributed by atoms with van der Waals surface area (Å²) in [6, 6.07) is 0. The Morgan fingerprint density at radius 3 is 2.78 bits per heavy atom. The van der Waals surface area contributed by atoms with E-state index in [2.05, 4.69) is 5.92 Å². The summed E-state index contributed by atoms with van der Waals surface area (Å²) in [4.78, 5) is 0. The van der Waals surface area contributed by atoms with Gasteiger partial charge in [0.15, 0.2) is 0 Å². The van der Waals surface area contributed by atoms with Crippen molar-refractivity contribution in [3.05, 3.63) is 12.4 Å². The fourth-order valence-electron chi connectivity index (χ4n) is 0.379. The minimum atomic E-state index is 0.640. The Hall–Kier alpha value is -1.14. The normalized spacial score (nSPS) is 9.33. The van der Waals surface area contributed by atoms with Crippen molar-refractivity contribution in [2.45, 2.75) is 6.42 Å². The Bertz CT molecular complexity index is 123. The van der Waals surface area contributed by atoms with Crippen LogP contribution in [0, 0.1) is 12.3 Å². The summed E-state index contributed by atoms with van der Waals surface area (Å²) in [5, 5.41) is 1.44. The molecule has 0 unspecified atom stereocenters. The van der Waals surface area contributed by atoms with Crippen molar-refractivity contribution in [2.75, 3.05) is 6.54 Å². The van der Waals surface area contributed by atoms with E-state index in [0.717, 1.165) is 0 Å². The second kappa shape index (κ2) is 5.01. The van der Waals surface area contributed by atoms with Crippen LogP contribution in [0.5, 0.6) is 0 Å². The maximum Gasteiger partial charge on any atom is 0.0445 e. The van der Waals surface area contributed by atoms with E-state index in [1.165, 1.54) is 11.2 Å². The minimum Gasteiger partial charge on any atom is -0.403 e. The van der Waals surface area contributed by atoms with Crippen LogP contribution in [0.25, 0.3) is 0 Å². The van der Waals surface area contributed by atoms with E-state index in [1.807, 2.05) is 0 Å². The molecule has 0 aliphatic rings. The molecule has 0 saturated carbocycles. The van der Waals surface area contributed by atoms with Gasteiger partial charge in [0.2, 0.25) is 0 Å². The zero-order chi connectivity index (χ0) is 7.11. The van der Waals surface area contributed by atoms with E-state index >= 15 is 0 Å².